The molecule has 3 atom stereocenters. The zero-order valence-electron chi connectivity index (χ0n) is 14.0. The molecule has 1 N–H and O–H groups in total. The van der Waals surface area contributed by atoms with Crippen molar-refractivity contribution >= 4 is 0 Å². The van der Waals surface area contributed by atoms with E-state index in [0.717, 1.165) is 31.8 Å². The summed E-state index contributed by atoms with van der Waals surface area (Å²) in [6, 6.07) is 2.41. The van der Waals surface area contributed by atoms with Crippen LogP contribution in [0.5, 0.6) is 0 Å². The van der Waals surface area contributed by atoms with Crippen molar-refractivity contribution in [3.63, 3.8) is 0 Å². The molecule has 3 nitrogen and oxygen atoms in total. The molecule has 0 aromatic carbocycles. The van der Waals surface area contributed by atoms with Crippen molar-refractivity contribution in [2.45, 2.75) is 77.9 Å². The molecule has 0 bridgehead atoms. The van der Waals surface area contributed by atoms with Crippen LogP contribution in [0.1, 0.15) is 66.2 Å². The van der Waals surface area contributed by atoms with E-state index in [1.165, 1.54) is 19.3 Å². The molecule has 1 aliphatic carbocycles. The summed E-state index contributed by atoms with van der Waals surface area (Å²) >= 11 is 0. The SMILES string of the molecule is CCC(C#N)(CCCOC1CC(C)CC(C)(C)C1)NC. The normalized spacial score (nSPS) is 28.6. The second-order valence-electron chi connectivity index (χ2n) is 7.31. The van der Waals surface area contributed by atoms with E-state index in [1.807, 2.05) is 7.05 Å². The van der Waals surface area contributed by atoms with Crippen molar-refractivity contribution in [3.8, 4) is 6.07 Å². The Morgan fingerprint density at radius 2 is 2.10 bits per heavy atom. The smallest absolute Gasteiger partial charge is 0.106 e. The Hall–Kier alpha value is -0.590. The van der Waals surface area contributed by atoms with E-state index >= 15 is 0 Å². The van der Waals surface area contributed by atoms with Crippen molar-refractivity contribution in [1.29, 1.82) is 5.26 Å². The molecule has 0 heterocycles. The van der Waals surface area contributed by atoms with Gasteiger partial charge in [0.15, 0.2) is 0 Å². The summed E-state index contributed by atoms with van der Waals surface area (Å²) < 4.78 is 6.08. The van der Waals surface area contributed by atoms with Gasteiger partial charge in [-0.3, -0.25) is 0 Å². The second kappa shape index (κ2) is 7.43. The van der Waals surface area contributed by atoms with Gasteiger partial charge >= 0.3 is 0 Å². The van der Waals surface area contributed by atoms with Gasteiger partial charge in [-0.05, 0) is 56.9 Å². The molecule has 1 rings (SSSR count). The number of nitrogens with zero attached hydrogens (tertiary/aromatic N) is 1. The maximum absolute atomic E-state index is 9.27. The van der Waals surface area contributed by atoms with E-state index in [1.54, 1.807) is 0 Å². The zero-order valence-corrected chi connectivity index (χ0v) is 14.0. The molecule has 0 spiro atoms. The van der Waals surface area contributed by atoms with Gasteiger partial charge in [-0.2, -0.15) is 5.26 Å². The molecule has 3 heteroatoms. The van der Waals surface area contributed by atoms with E-state index in [2.05, 4.69) is 39.1 Å². The molecule has 20 heavy (non-hydrogen) atoms. The van der Waals surface area contributed by atoms with Gasteiger partial charge in [0, 0.05) is 6.61 Å². The Balaban J connectivity index is 2.32. The number of hydrogen-bond acceptors (Lipinski definition) is 3. The van der Waals surface area contributed by atoms with Crippen LogP contribution in [-0.2, 0) is 4.74 Å². The first kappa shape index (κ1) is 17.5. The molecule has 1 aliphatic rings. The Kier molecular flexibility index (Phi) is 6.48. The highest BCUT2D eigenvalue weighted by Crippen LogP contribution is 2.39. The van der Waals surface area contributed by atoms with Gasteiger partial charge in [-0.15, -0.1) is 0 Å². The minimum absolute atomic E-state index is 0.373. The lowest BCUT2D eigenvalue weighted by Gasteiger charge is -2.38. The molecule has 0 amide bonds. The molecule has 1 fully saturated rings. The first-order valence-corrected chi connectivity index (χ1v) is 8.08. The van der Waals surface area contributed by atoms with Crippen molar-refractivity contribution in [1.82, 2.24) is 5.32 Å². The maximum atomic E-state index is 9.27. The first-order chi connectivity index (χ1) is 9.36. The van der Waals surface area contributed by atoms with Gasteiger partial charge in [-0.25, -0.2) is 0 Å². The quantitative estimate of drug-likeness (QED) is 0.720. The third kappa shape index (κ3) is 5.07. The van der Waals surface area contributed by atoms with Crippen LogP contribution in [0, 0.1) is 22.7 Å². The van der Waals surface area contributed by atoms with Crippen LogP contribution in [0.3, 0.4) is 0 Å². The standard InChI is InChI=1S/C17H32N2O/c1-6-17(13-18,19-5)8-7-9-20-15-10-14(2)11-16(3,4)12-15/h14-15,19H,6-12H2,1-5H3. The van der Waals surface area contributed by atoms with E-state index in [4.69, 9.17) is 4.74 Å². The Morgan fingerprint density at radius 1 is 1.40 bits per heavy atom. The first-order valence-electron chi connectivity index (χ1n) is 8.08. The number of rotatable bonds is 7. The molecular formula is C17H32N2O. The molecule has 0 aliphatic heterocycles. The predicted octanol–water partition coefficient (Wildman–Crippen LogP) is 3.89. The summed E-state index contributed by atoms with van der Waals surface area (Å²) in [4.78, 5) is 0. The van der Waals surface area contributed by atoms with E-state index in [9.17, 15) is 5.26 Å². The Morgan fingerprint density at radius 3 is 2.60 bits per heavy atom. The van der Waals surface area contributed by atoms with Gasteiger partial charge in [0.25, 0.3) is 0 Å². The van der Waals surface area contributed by atoms with E-state index in [0.29, 0.717) is 11.5 Å². The third-order valence-electron chi connectivity index (χ3n) is 4.74. The summed E-state index contributed by atoms with van der Waals surface area (Å²) in [6.45, 7) is 9.86. The van der Waals surface area contributed by atoms with Gasteiger partial charge in [0.1, 0.15) is 5.54 Å². The average molecular weight is 280 g/mol. The van der Waals surface area contributed by atoms with Crippen LogP contribution in [0.4, 0.5) is 0 Å². The van der Waals surface area contributed by atoms with Crippen LogP contribution in [-0.4, -0.2) is 25.3 Å². The predicted molar refractivity (Wildman–Crippen MR) is 83.5 cm³/mol. The summed E-state index contributed by atoms with van der Waals surface area (Å²) in [5.74, 6) is 0.759. The molecule has 0 aromatic heterocycles. The molecular weight excluding hydrogens is 248 g/mol. The van der Waals surface area contributed by atoms with Gasteiger partial charge in [0.05, 0.1) is 12.2 Å². The minimum Gasteiger partial charge on any atom is -0.378 e. The zero-order chi connectivity index (χ0) is 15.2. The fourth-order valence-corrected chi connectivity index (χ4v) is 3.68. The fourth-order valence-electron chi connectivity index (χ4n) is 3.68. The van der Waals surface area contributed by atoms with Crippen LogP contribution in [0.15, 0.2) is 0 Å². The van der Waals surface area contributed by atoms with E-state index < -0.39 is 0 Å². The van der Waals surface area contributed by atoms with Crippen molar-refractivity contribution < 1.29 is 4.74 Å². The molecule has 0 saturated heterocycles. The van der Waals surface area contributed by atoms with Crippen LogP contribution in [0.2, 0.25) is 0 Å². The Labute approximate surface area is 125 Å². The van der Waals surface area contributed by atoms with Crippen LogP contribution in [0.25, 0.3) is 0 Å². The number of nitrogens with one attached hydrogen (secondary N) is 1. The number of ether oxygens (including phenoxy) is 1. The third-order valence-corrected chi connectivity index (χ3v) is 4.74. The summed E-state index contributed by atoms with van der Waals surface area (Å²) in [5.41, 5.74) is 0.0373. The molecule has 1 saturated carbocycles. The number of nitriles is 1. The number of hydrogen-bond donors (Lipinski definition) is 1. The lowest BCUT2D eigenvalue weighted by Crippen LogP contribution is -2.41. The monoisotopic (exact) mass is 280 g/mol. The molecule has 116 valence electrons. The summed E-state index contributed by atoms with van der Waals surface area (Å²) in [5, 5.41) is 12.4. The van der Waals surface area contributed by atoms with Gasteiger partial charge < -0.3 is 10.1 Å². The lowest BCUT2D eigenvalue weighted by molar-refractivity contribution is -0.0249. The van der Waals surface area contributed by atoms with Crippen LogP contribution >= 0.6 is 0 Å². The van der Waals surface area contributed by atoms with Crippen molar-refractivity contribution in [3.05, 3.63) is 0 Å². The Bertz CT molecular complexity index is 328. The molecule has 0 aromatic rings. The van der Waals surface area contributed by atoms with E-state index in [-0.39, 0.29) is 5.54 Å². The summed E-state index contributed by atoms with van der Waals surface area (Å²) in [6.07, 6.45) is 6.72. The molecule has 3 unspecified atom stereocenters. The van der Waals surface area contributed by atoms with Crippen LogP contribution < -0.4 is 5.32 Å². The topological polar surface area (TPSA) is 45.0 Å². The van der Waals surface area contributed by atoms with Crippen molar-refractivity contribution in [2.24, 2.45) is 11.3 Å². The van der Waals surface area contributed by atoms with Gasteiger partial charge in [0.2, 0.25) is 0 Å². The molecule has 0 radical (unpaired) electrons. The van der Waals surface area contributed by atoms with Crippen molar-refractivity contribution in [2.75, 3.05) is 13.7 Å². The van der Waals surface area contributed by atoms with Gasteiger partial charge in [-0.1, -0.05) is 27.7 Å². The highest BCUT2D eigenvalue weighted by atomic mass is 16.5. The lowest BCUT2D eigenvalue weighted by atomic mass is 9.71. The highest BCUT2D eigenvalue weighted by Gasteiger charge is 2.32. The summed E-state index contributed by atoms with van der Waals surface area (Å²) in [7, 11) is 1.87. The highest BCUT2D eigenvalue weighted by molar-refractivity contribution is 5.05. The largest absolute Gasteiger partial charge is 0.378 e. The maximum Gasteiger partial charge on any atom is 0.106 e. The minimum atomic E-state index is -0.373. The fraction of sp³-hybridized carbons (Fsp3) is 0.941. The average Bonchev–Trinajstić information content (AvgIpc) is 2.37. The second-order valence-corrected chi connectivity index (χ2v) is 7.31.